The van der Waals surface area contributed by atoms with Gasteiger partial charge >= 0.3 is 0 Å². The molecule has 0 aliphatic heterocycles. The number of hydrogen-bond acceptors (Lipinski definition) is 2. The van der Waals surface area contributed by atoms with Crippen LogP contribution < -0.4 is 5.73 Å². The molecule has 1 rings (SSSR count). The van der Waals surface area contributed by atoms with E-state index in [2.05, 4.69) is 0 Å². The van der Waals surface area contributed by atoms with Crippen molar-refractivity contribution in [2.24, 2.45) is 0 Å². The highest BCUT2D eigenvalue weighted by Gasteiger charge is 2.30. The van der Waals surface area contributed by atoms with Gasteiger partial charge in [-0.15, -0.1) is 0 Å². The van der Waals surface area contributed by atoms with Crippen LogP contribution in [0, 0.1) is 0 Å². The van der Waals surface area contributed by atoms with Gasteiger partial charge in [0.1, 0.15) is 6.61 Å². The van der Waals surface area contributed by atoms with E-state index in [4.69, 9.17) is 10.8 Å². The SMILES string of the molecule is Nc1cccc(C(F)(F)CO)c1. The summed E-state index contributed by atoms with van der Waals surface area (Å²) in [6.45, 7) is -1.20. The Balaban J connectivity index is 3.03. The Morgan fingerprint density at radius 2 is 2.08 bits per heavy atom. The van der Waals surface area contributed by atoms with Crippen LogP contribution in [-0.2, 0) is 5.92 Å². The van der Waals surface area contributed by atoms with Crippen molar-refractivity contribution in [3.63, 3.8) is 0 Å². The highest BCUT2D eigenvalue weighted by Crippen LogP contribution is 2.27. The van der Waals surface area contributed by atoms with Crippen LogP contribution in [0.2, 0.25) is 0 Å². The monoisotopic (exact) mass is 173 g/mol. The van der Waals surface area contributed by atoms with Gasteiger partial charge < -0.3 is 10.8 Å². The average molecular weight is 173 g/mol. The van der Waals surface area contributed by atoms with Crippen molar-refractivity contribution in [2.75, 3.05) is 12.3 Å². The lowest BCUT2D eigenvalue weighted by Crippen LogP contribution is -2.18. The van der Waals surface area contributed by atoms with Gasteiger partial charge in [0.05, 0.1) is 0 Å². The van der Waals surface area contributed by atoms with Crippen LogP contribution in [0.25, 0.3) is 0 Å². The zero-order chi connectivity index (χ0) is 9.19. The summed E-state index contributed by atoms with van der Waals surface area (Å²) in [6.07, 6.45) is 0. The van der Waals surface area contributed by atoms with Gasteiger partial charge in [0.25, 0.3) is 5.92 Å². The van der Waals surface area contributed by atoms with E-state index >= 15 is 0 Å². The van der Waals surface area contributed by atoms with Crippen molar-refractivity contribution in [3.8, 4) is 0 Å². The molecule has 12 heavy (non-hydrogen) atoms. The van der Waals surface area contributed by atoms with Gasteiger partial charge in [-0.2, -0.15) is 8.78 Å². The van der Waals surface area contributed by atoms with E-state index in [-0.39, 0.29) is 11.3 Å². The first-order valence-electron chi connectivity index (χ1n) is 3.41. The highest BCUT2D eigenvalue weighted by atomic mass is 19.3. The second-order valence-corrected chi connectivity index (χ2v) is 2.49. The lowest BCUT2D eigenvalue weighted by Gasteiger charge is -2.13. The fourth-order valence-electron chi connectivity index (χ4n) is 0.857. The van der Waals surface area contributed by atoms with Crippen LogP contribution >= 0.6 is 0 Å². The zero-order valence-electron chi connectivity index (χ0n) is 6.30. The lowest BCUT2D eigenvalue weighted by molar-refractivity contribution is -0.0555. The molecular formula is C8H9F2NO. The fourth-order valence-corrected chi connectivity index (χ4v) is 0.857. The number of anilines is 1. The zero-order valence-corrected chi connectivity index (χ0v) is 6.30. The van der Waals surface area contributed by atoms with Gasteiger partial charge in [0.15, 0.2) is 0 Å². The predicted octanol–water partition coefficient (Wildman–Crippen LogP) is 1.35. The molecule has 0 fully saturated rings. The molecule has 0 aliphatic carbocycles. The van der Waals surface area contributed by atoms with Crippen molar-refractivity contribution in [3.05, 3.63) is 29.8 Å². The number of hydrogen-bond donors (Lipinski definition) is 2. The minimum atomic E-state index is -3.20. The van der Waals surface area contributed by atoms with E-state index in [1.807, 2.05) is 0 Å². The van der Waals surface area contributed by atoms with Gasteiger partial charge in [-0.25, -0.2) is 0 Å². The summed E-state index contributed by atoms with van der Waals surface area (Å²) in [7, 11) is 0. The molecule has 3 N–H and O–H groups in total. The average Bonchev–Trinajstić information content (AvgIpc) is 2.05. The number of benzene rings is 1. The van der Waals surface area contributed by atoms with Crippen molar-refractivity contribution in [2.45, 2.75) is 5.92 Å². The topological polar surface area (TPSA) is 46.2 Å². The minimum Gasteiger partial charge on any atom is -0.399 e. The number of halogens is 2. The molecule has 0 amide bonds. The van der Waals surface area contributed by atoms with E-state index in [1.165, 1.54) is 18.2 Å². The molecule has 1 aromatic rings. The largest absolute Gasteiger partial charge is 0.399 e. The molecule has 0 radical (unpaired) electrons. The maximum atomic E-state index is 12.8. The molecule has 66 valence electrons. The third-order valence-corrected chi connectivity index (χ3v) is 1.51. The lowest BCUT2D eigenvalue weighted by atomic mass is 10.1. The Morgan fingerprint density at radius 3 is 2.58 bits per heavy atom. The van der Waals surface area contributed by atoms with Gasteiger partial charge in [-0.05, 0) is 12.1 Å². The Hall–Kier alpha value is -1.16. The van der Waals surface area contributed by atoms with Crippen LogP contribution in [0.1, 0.15) is 5.56 Å². The molecule has 1 aromatic carbocycles. The summed E-state index contributed by atoms with van der Waals surface area (Å²) in [5.74, 6) is -3.20. The van der Waals surface area contributed by atoms with Crippen LogP contribution in [0.5, 0.6) is 0 Å². The molecule has 2 nitrogen and oxygen atoms in total. The van der Waals surface area contributed by atoms with Crippen molar-refractivity contribution in [1.82, 2.24) is 0 Å². The smallest absolute Gasteiger partial charge is 0.295 e. The number of rotatable bonds is 2. The number of aliphatic hydroxyl groups is 1. The van der Waals surface area contributed by atoms with Gasteiger partial charge in [-0.3, -0.25) is 0 Å². The summed E-state index contributed by atoms with van der Waals surface area (Å²) in [6, 6.07) is 5.31. The van der Waals surface area contributed by atoms with Gasteiger partial charge in [-0.1, -0.05) is 12.1 Å². The fraction of sp³-hybridized carbons (Fsp3) is 0.250. The van der Waals surface area contributed by atoms with Crippen molar-refractivity contribution >= 4 is 5.69 Å². The normalized spacial score (nSPS) is 11.6. The van der Waals surface area contributed by atoms with Crippen molar-refractivity contribution in [1.29, 1.82) is 0 Å². The first-order chi connectivity index (χ1) is 5.56. The molecule has 0 saturated carbocycles. The second-order valence-electron chi connectivity index (χ2n) is 2.49. The quantitative estimate of drug-likeness (QED) is 0.663. The Kier molecular flexibility index (Phi) is 2.28. The highest BCUT2D eigenvalue weighted by molar-refractivity contribution is 5.42. The Labute approximate surface area is 68.6 Å². The van der Waals surface area contributed by atoms with E-state index in [1.54, 1.807) is 0 Å². The molecule has 0 heterocycles. The van der Waals surface area contributed by atoms with E-state index in [0.29, 0.717) is 0 Å². The summed E-state index contributed by atoms with van der Waals surface area (Å²) >= 11 is 0. The molecule has 0 aromatic heterocycles. The molecule has 0 atom stereocenters. The second kappa shape index (κ2) is 3.06. The Morgan fingerprint density at radius 1 is 1.42 bits per heavy atom. The number of nitrogens with two attached hydrogens (primary N) is 1. The molecule has 0 bridgehead atoms. The van der Waals surface area contributed by atoms with Crippen LogP contribution in [0.3, 0.4) is 0 Å². The predicted molar refractivity (Wildman–Crippen MR) is 41.8 cm³/mol. The molecule has 0 spiro atoms. The number of nitrogen functional groups attached to an aromatic ring is 1. The third-order valence-electron chi connectivity index (χ3n) is 1.51. The summed E-state index contributed by atoms with van der Waals surface area (Å²) in [5.41, 5.74) is 5.30. The van der Waals surface area contributed by atoms with Crippen LogP contribution in [0.4, 0.5) is 14.5 Å². The first-order valence-corrected chi connectivity index (χ1v) is 3.41. The van der Waals surface area contributed by atoms with Crippen LogP contribution in [-0.4, -0.2) is 11.7 Å². The Bertz CT molecular complexity index is 276. The summed E-state index contributed by atoms with van der Waals surface area (Å²) < 4.78 is 25.5. The van der Waals surface area contributed by atoms with E-state index in [9.17, 15) is 8.78 Å². The maximum Gasteiger partial charge on any atom is 0.295 e. The van der Waals surface area contributed by atoms with E-state index < -0.39 is 12.5 Å². The molecular weight excluding hydrogens is 164 g/mol. The van der Waals surface area contributed by atoms with Gasteiger partial charge in [0, 0.05) is 11.3 Å². The number of aliphatic hydroxyl groups excluding tert-OH is 1. The minimum absolute atomic E-state index is 0.259. The van der Waals surface area contributed by atoms with Gasteiger partial charge in [0.2, 0.25) is 0 Å². The molecule has 0 unspecified atom stereocenters. The first kappa shape index (κ1) is 8.93. The summed E-state index contributed by atoms with van der Waals surface area (Å²) in [4.78, 5) is 0. The molecule has 0 saturated heterocycles. The van der Waals surface area contributed by atoms with Crippen molar-refractivity contribution < 1.29 is 13.9 Å². The molecule has 0 aliphatic rings. The van der Waals surface area contributed by atoms with E-state index in [0.717, 1.165) is 6.07 Å². The third kappa shape index (κ3) is 1.71. The van der Waals surface area contributed by atoms with Crippen LogP contribution in [0.15, 0.2) is 24.3 Å². The number of alkyl halides is 2. The summed E-state index contributed by atoms with van der Waals surface area (Å²) in [5, 5.41) is 8.35. The standard InChI is InChI=1S/C8H9F2NO/c9-8(10,5-12)6-2-1-3-7(11)4-6/h1-4,12H,5,11H2. The molecule has 4 heteroatoms. The maximum absolute atomic E-state index is 12.8.